The summed E-state index contributed by atoms with van der Waals surface area (Å²) in [5, 5.41) is 0. The SMILES string of the molecule is CCC(C)(C)c1ccc(C(N)c2ccc(F)c(C)c2)cc1. The van der Waals surface area contributed by atoms with Gasteiger partial charge in [-0.2, -0.15) is 0 Å². The fourth-order valence-corrected chi connectivity index (χ4v) is 2.40. The zero-order chi connectivity index (χ0) is 15.6. The predicted molar refractivity (Wildman–Crippen MR) is 86.9 cm³/mol. The Kier molecular flexibility index (Phi) is 4.48. The van der Waals surface area contributed by atoms with Crippen molar-refractivity contribution in [3.05, 3.63) is 70.5 Å². The number of rotatable bonds is 4. The van der Waals surface area contributed by atoms with Crippen LogP contribution in [0.25, 0.3) is 0 Å². The van der Waals surface area contributed by atoms with E-state index in [2.05, 4.69) is 45.0 Å². The molecular weight excluding hydrogens is 261 g/mol. The molecule has 0 saturated heterocycles. The Morgan fingerprint density at radius 3 is 2.14 bits per heavy atom. The minimum Gasteiger partial charge on any atom is -0.320 e. The molecule has 0 fully saturated rings. The fourth-order valence-electron chi connectivity index (χ4n) is 2.40. The molecule has 0 radical (unpaired) electrons. The maximum atomic E-state index is 13.3. The molecule has 0 spiro atoms. The molecule has 2 rings (SSSR count). The summed E-state index contributed by atoms with van der Waals surface area (Å²) in [7, 11) is 0. The van der Waals surface area contributed by atoms with Crippen LogP contribution in [-0.2, 0) is 5.41 Å². The lowest BCUT2D eigenvalue weighted by Gasteiger charge is -2.24. The zero-order valence-electron chi connectivity index (χ0n) is 13.3. The van der Waals surface area contributed by atoms with Gasteiger partial charge in [-0.1, -0.05) is 57.2 Å². The van der Waals surface area contributed by atoms with Crippen molar-refractivity contribution >= 4 is 0 Å². The number of aryl methyl sites for hydroxylation is 1. The topological polar surface area (TPSA) is 26.0 Å². The summed E-state index contributed by atoms with van der Waals surface area (Å²) in [6.45, 7) is 8.44. The third-order valence-corrected chi connectivity index (χ3v) is 4.48. The van der Waals surface area contributed by atoms with Crippen molar-refractivity contribution in [3.63, 3.8) is 0 Å². The van der Waals surface area contributed by atoms with Crippen LogP contribution in [0.15, 0.2) is 42.5 Å². The molecule has 1 nitrogen and oxygen atoms in total. The first kappa shape index (κ1) is 15.7. The van der Waals surface area contributed by atoms with Crippen molar-refractivity contribution in [3.8, 4) is 0 Å². The minimum absolute atomic E-state index is 0.176. The van der Waals surface area contributed by atoms with Crippen LogP contribution in [0.4, 0.5) is 4.39 Å². The molecule has 0 aromatic heterocycles. The van der Waals surface area contributed by atoms with Gasteiger partial charge < -0.3 is 5.73 Å². The molecule has 0 saturated carbocycles. The molecule has 0 heterocycles. The van der Waals surface area contributed by atoms with Gasteiger partial charge in [0.1, 0.15) is 5.82 Å². The largest absolute Gasteiger partial charge is 0.320 e. The van der Waals surface area contributed by atoms with Crippen molar-refractivity contribution in [1.82, 2.24) is 0 Å². The summed E-state index contributed by atoms with van der Waals surface area (Å²) in [5.74, 6) is -0.189. The Morgan fingerprint density at radius 2 is 1.62 bits per heavy atom. The molecule has 1 atom stereocenters. The molecule has 0 aliphatic heterocycles. The van der Waals surface area contributed by atoms with Gasteiger partial charge in [0.2, 0.25) is 0 Å². The van der Waals surface area contributed by atoms with Gasteiger partial charge in [0.05, 0.1) is 6.04 Å². The molecule has 0 amide bonds. The standard InChI is InChI=1S/C19H24FN/c1-5-19(3,4)16-9-6-14(7-10-16)18(21)15-8-11-17(20)13(2)12-15/h6-12,18H,5,21H2,1-4H3. The van der Waals surface area contributed by atoms with Gasteiger partial charge in [-0.05, 0) is 47.1 Å². The molecule has 0 aliphatic rings. The van der Waals surface area contributed by atoms with Crippen LogP contribution in [0.3, 0.4) is 0 Å². The maximum absolute atomic E-state index is 13.3. The van der Waals surface area contributed by atoms with Gasteiger partial charge in [0, 0.05) is 0 Å². The number of halogens is 1. The highest BCUT2D eigenvalue weighted by molar-refractivity contribution is 5.36. The predicted octanol–water partition coefficient (Wildman–Crippen LogP) is 4.87. The van der Waals surface area contributed by atoms with Gasteiger partial charge in [0.15, 0.2) is 0 Å². The van der Waals surface area contributed by atoms with Crippen molar-refractivity contribution in [2.24, 2.45) is 5.73 Å². The fraction of sp³-hybridized carbons (Fsp3) is 0.368. The molecular formula is C19H24FN. The number of nitrogens with two attached hydrogens (primary N) is 1. The molecule has 0 bridgehead atoms. The Morgan fingerprint density at radius 1 is 1.05 bits per heavy atom. The van der Waals surface area contributed by atoms with Crippen LogP contribution in [0.1, 0.15) is 55.5 Å². The molecule has 0 aliphatic carbocycles. The second kappa shape index (κ2) is 5.98. The van der Waals surface area contributed by atoms with Gasteiger partial charge in [-0.15, -0.1) is 0 Å². The van der Waals surface area contributed by atoms with E-state index >= 15 is 0 Å². The van der Waals surface area contributed by atoms with Gasteiger partial charge in [-0.3, -0.25) is 0 Å². The van der Waals surface area contributed by atoms with E-state index in [0.717, 1.165) is 17.5 Å². The van der Waals surface area contributed by atoms with E-state index in [1.807, 2.05) is 6.07 Å². The van der Waals surface area contributed by atoms with Crippen LogP contribution in [0.2, 0.25) is 0 Å². The van der Waals surface area contributed by atoms with E-state index in [1.165, 1.54) is 11.6 Å². The molecule has 1 unspecified atom stereocenters. The molecule has 2 aromatic carbocycles. The third-order valence-electron chi connectivity index (χ3n) is 4.48. The van der Waals surface area contributed by atoms with Crippen LogP contribution in [0.5, 0.6) is 0 Å². The van der Waals surface area contributed by atoms with Crippen LogP contribution in [-0.4, -0.2) is 0 Å². The van der Waals surface area contributed by atoms with Crippen molar-refractivity contribution in [2.75, 3.05) is 0 Å². The minimum atomic E-state index is -0.219. The summed E-state index contributed by atoms with van der Waals surface area (Å²) in [6.07, 6.45) is 1.09. The first-order valence-electron chi connectivity index (χ1n) is 7.47. The van der Waals surface area contributed by atoms with Crippen LogP contribution in [0, 0.1) is 12.7 Å². The summed E-state index contributed by atoms with van der Waals surface area (Å²) >= 11 is 0. The summed E-state index contributed by atoms with van der Waals surface area (Å²) in [5.41, 5.74) is 10.4. The third kappa shape index (κ3) is 3.33. The van der Waals surface area contributed by atoms with Crippen LogP contribution >= 0.6 is 0 Å². The van der Waals surface area contributed by atoms with Gasteiger partial charge in [-0.25, -0.2) is 4.39 Å². The van der Waals surface area contributed by atoms with E-state index < -0.39 is 0 Å². The lowest BCUT2D eigenvalue weighted by molar-refractivity contribution is 0.506. The highest BCUT2D eigenvalue weighted by Gasteiger charge is 2.18. The van der Waals surface area contributed by atoms with Crippen molar-refractivity contribution in [1.29, 1.82) is 0 Å². The Labute approximate surface area is 127 Å². The summed E-state index contributed by atoms with van der Waals surface area (Å²) in [6, 6.07) is 13.3. The number of benzene rings is 2. The molecule has 21 heavy (non-hydrogen) atoms. The zero-order valence-corrected chi connectivity index (χ0v) is 13.3. The van der Waals surface area contributed by atoms with Crippen LogP contribution < -0.4 is 5.73 Å². The highest BCUT2D eigenvalue weighted by Crippen LogP contribution is 2.28. The van der Waals surface area contributed by atoms with E-state index in [9.17, 15) is 4.39 Å². The van der Waals surface area contributed by atoms with E-state index in [0.29, 0.717) is 5.56 Å². The summed E-state index contributed by atoms with van der Waals surface area (Å²) in [4.78, 5) is 0. The van der Waals surface area contributed by atoms with E-state index in [1.54, 1.807) is 13.0 Å². The normalized spacial score (nSPS) is 13.2. The lowest BCUT2D eigenvalue weighted by Crippen LogP contribution is -2.16. The van der Waals surface area contributed by atoms with Gasteiger partial charge >= 0.3 is 0 Å². The van der Waals surface area contributed by atoms with Gasteiger partial charge in [0.25, 0.3) is 0 Å². The first-order chi connectivity index (χ1) is 9.85. The molecule has 2 heteroatoms. The number of hydrogen-bond acceptors (Lipinski definition) is 1. The molecule has 112 valence electrons. The second-order valence-electron chi connectivity index (χ2n) is 6.35. The average Bonchev–Trinajstić information content (AvgIpc) is 2.49. The van der Waals surface area contributed by atoms with E-state index in [-0.39, 0.29) is 17.3 Å². The highest BCUT2D eigenvalue weighted by atomic mass is 19.1. The Balaban J connectivity index is 2.27. The first-order valence-corrected chi connectivity index (χ1v) is 7.47. The monoisotopic (exact) mass is 285 g/mol. The Bertz CT molecular complexity index is 614. The Hall–Kier alpha value is -1.67. The smallest absolute Gasteiger partial charge is 0.126 e. The number of hydrogen-bond donors (Lipinski definition) is 1. The summed E-state index contributed by atoms with van der Waals surface area (Å²) < 4.78 is 13.3. The lowest BCUT2D eigenvalue weighted by atomic mass is 9.81. The molecule has 2 N–H and O–H groups in total. The second-order valence-corrected chi connectivity index (χ2v) is 6.35. The van der Waals surface area contributed by atoms with Crippen molar-refractivity contribution in [2.45, 2.75) is 45.6 Å². The maximum Gasteiger partial charge on any atom is 0.126 e. The van der Waals surface area contributed by atoms with Crippen molar-refractivity contribution < 1.29 is 4.39 Å². The quantitative estimate of drug-likeness (QED) is 0.852. The van der Waals surface area contributed by atoms with E-state index in [4.69, 9.17) is 5.73 Å². The molecule has 2 aromatic rings. The average molecular weight is 285 g/mol.